The molecule has 0 bridgehead atoms. The van der Waals surface area contributed by atoms with Crippen LogP contribution in [0.2, 0.25) is 0 Å². The number of hydrogen-bond acceptors (Lipinski definition) is 3. The van der Waals surface area contributed by atoms with Gasteiger partial charge in [-0.25, -0.2) is 4.39 Å². The van der Waals surface area contributed by atoms with Gasteiger partial charge in [-0.05, 0) is 44.6 Å². The van der Waals surface area contributed by atoms with Crippen molar-refractivity contribution in [3.05, 3.63) is 40.1 Å². The quantitative estimate of drug-likeness (QED) is 0.787. The molecule has 0 aliphatic carbocycles. The van der Waals surface area contributed by atoms with E-state index in [0.717, 1.165) is 48.9 Å². The number of pyridine rings is 1. The molecule has 2 aromatic heterocycles. The molecule has 0 amide bonds. The summed E-state index contributed by atoms with van der Waals surface area (Å²) in [6.45, 7) is 5.39. The van der Waals surface area contributed by atoms with E-state index in [1.165, 1.54) is 12.1 Å². The molecule has 0 spiro atoms. The highest BCUT2D eigenvalue weighted by Crippen LogP contribution is 2.34. The van der Waals surface area contributed by atoms with Crippen molar-refractivity contribution in [3.63, 3.8) is 0 Å². The lowest BCUT2D eigenvalue weighted by Crippen LogP contribution is -2.32. The van der Waals surface area contributed by atoms with Crippen LogP contribution in [0, 0.1) is 5.82 Å². The smallest absolute Gasteiger partial charge is 0.257 e. The van der Waals surface area contributed by atoms with Crippen molar-refractivity contribution < 1.29 is 4.39 Å². The predicted molar refractivity (Wildman–Crippen MR) is 92.9 cm³/mol. The number of H-pyrrole nitrogens is 1. The molecule has 1 N–H and O–H groups in total. The predicted octanol–water partition coefficient (Wildman–Crippen LogP) is 2.75. The third-order valence-corrected chi connectivity index (χ3v) is 5.22. The van der Waals surface area contributed by atoms with E-state index in [1.54, 1.807) is 10.7 Å². The highest BCUT2D eigenvalue weighted by molar-refractivity contribution is 6.05. The molecule has 24 heavy (non-hydrogen) atoms. The summed E-state index contributed by atoms with van der Waals surface area (Å²) in [5.74, 6) is -0.0234. The Morgan fingerprint density at radius 2 is 2.04 bits per heavy atom. The normalized spacial score (nSPS) is 17.1. The molecule has 1 aliphatic heterocycles. The molecule has 6 heteroatoms. The van der Waals surface area contributed by atoms with Gasteiger partial charge in [-0.1, -0.05) is 13.0 Å². The maximum absolute atomic E-state index is 13.6. The van der Waals surface area contributed by atoms with E-state index >= 15 is 0 Å². The van der Waals surface area contributed by atoms with E-state index in [-0.39, 0.29) is 5.56 Å². The van der Waals surface area contributed by atoms with Gasteiger partial charge in [0.1, 0.15) is 11.5 Å². The number of piperidine rings is 1. The standard InChI is InChI=1S/C18H21FN4O/c1-3-23-8-6-11(7-9-23)16-15-13-5-4-12(19)10-14(13)18(24)20-17(15)22(2)21-16/h4-5,10-11H,3,6-9H2,1-2H3,(H,20,24). The van der Waals surface area contributed by atoms with Gasteiger partial charge in [0, 0.05) is 23.7 Å². The van der Waals surface area contributed by atoms with Gasteiger partial charge in [0.2, 0.25) is 0 Å². The number of likely N-dealkylation sites (tertiary alicyclic amines) is 1. The summed E-state index contributed by atoms with van der Waals surface area (Å²) in [4.78, 5) is 17.6. The summed E-state index contributed by atoms with van der Waals surface area (Å²) in [6, 6.07) is 4.43. The minimum atomic E-state index is -0.394. The highest BCUT2D eigenvalue weighted by atomic mass is 19.1. The summed E-state index contributed by atoms with van der Waals surface area (Å²) in [5, 5.41) is 6.85. The molecule has 0 unspecified atom stereocenters. The second kappa shape index (κ2) is 5.70. The van der Waals surface area contributed by atoms with E-state index in [2.05, 4.69) is 16.8 Å². The van der Waals surface area contributed by atoms with Crippen molar-refractivity contribution in [2.45, 2.75) is 25.7 Å². The molecule has 1 saturated heterocycles. The molecule has 126 valence electrons. The monoisotopic (exact) mass is 328 g/mol. The molecule has 5 nitrogen and oxygen atoms in total. The van der Waals surface area contributed by atoms with Crippen LogP contribution in [-0.4, -0.2) is 39.3 Å². The molecule has 4 rings (SSSR count). The van der Waals surface area contributed by atoms with E-state index in [0.29, 0.717) is 17.0 Å². The topological polar surface area (TPSA) is 53.9 Å². The number of fused-ring (bicyclic) bond motifs is 3. The summed E-state index contributed by atoms with van der Waals surface area (Å²) in [6.07, 6.45) is 2.11. The minimum absolute atomic E-state index is 0.271. The highest BCUT2D eigenvalue weighted by Gasteiger charge is 2.26. The van der Waals surface area contributed by atoms with E-state index in [1.807, 2.05) is 7.05 Å². The fraction of sp³-hybridized carbons (Fsp3) is 0.444. The largest absolute Gasteiger partial charge is 0.306 e. The first-order chi connectivity index (χ1) is 11.6. The number of nitrogens with zero attached hydrogens (tertiary/aromatic N) is 3. The van der Waals surface area contributed by atoms with Gasteiger partial charge in [0.15, 0.2) is 0 Å². The van der Waals surface area contributed by atoms with Gasteiger partial charge in [0.05, 0.1) is 11.1 Å². The Hall–Kier alpha value is -2.21. The molecule has 3 aromatic rings. The van der Waals surface area contributed by atoms with Crippen molar-refractivity contribution in [1.29, 1.82) is 0 Å². The lowest BCUT2D eigenvalue weighted by molar-refractivity contribution is 0.221. The van der Waals surface area contributed by atoms with Crippen molar-refractivity contribution in [3.8, 4) is 0 Å². The van der Waals surface area contributed by atoms with Gasteiger partial charge < -0.3 is 9.88 Å². The van der Waals surface area contributed by atoms with Gasteiger partial charge in [-0.3, -0.25) is 9.48 Å². The lowest BCUT2D eigenvalue weighted by Gasteiger charge is -2.30. The maximum atomic E-state index is 13.6. The number of rotatable bonds is 2. The van der Waals surface area contributed by atoms with E-state index < -0.39 is 5.82 Å². The summed E-state index contributed by atoms with van der Waals surface area (Å²) >= 11 is 0. The number of aryl methyl sites for hydroxylation is 1. The fourth-order valence-electron chi connectivity index (χ4n) is 3.86. The number of hydrogen-bond donors (Lipinski definition) is 1. The average Bonchev–Trinajstić information content (AvgIpc) is 2.92. The molecule has 0 radical (unpaired) electrons. The molecule has 1 aromatic carbocycles. The first kappa shape index (κ1) is 15.3. The second-order valence-electron chi connectivity index (χ2n) is 6.59. The third kappa shape index (κ3) is 2.33. The fourth-order valence-corrected chi connectivity index (χ4v) is 3.86. The zero-order valence-electron chi connectivity index (χ0n) is 14.0. The van der Waals surface area contributed by atoms with Crippen LogP contribution in [0.15, 0.2) is 23.0 Å². The molecular formula is C18H21FN4O. The Morgan fingerprint density at radius 1 is 1.29 bits per heavy atom. The zero-order valence-corrected chi connectivity index (χ0v) is 14.0. The molecule has 0 saturated carbocycles. The third-order valence-electron chi connectivity index (χ3n) is 5.22. The summed E-state index contributed by atoms with van der Waals surface area (Å²) in [7, 11) is 1.85. The Kier molecular flexibility index (Phi) is 3.64. The van der Waals surface area contributed by atoms with Crippen molar-refractivity contribution >= 4 is 21.8 Å². The van der Waals surface area contributed by atoms with Crippen molar-refractivity contribution in [2.24, 2.45) is 7.05 Å². The van der Waals surface area contributed by atoms with Crippen LogP contribution in [0.25, 0.3) is 21.8 Å². The van der Waals surface area contributed by atoms with Crippen LogP contribution in [0.4, 0.5) is 4.39 Å². The Morgan fingerprint density at radius 3 is 2.75 bits per heavy atom. The molecule has 3 heterocycles. The van der Waals surface area contributed by atoms with Gasteiger partial charge in [0.25, 0.3) is 5.56 Å². The van der Waals surface area contributed by atoms with Crippen LogP contribution in [0.5, 0.6) is 0 Å². The van der Waals surface area contributed by atoms with Gasteiger partial charge in [-0.2, -0.15) is 5.10 Å². The summed E-state index contributed by atoms with van der Waals surface area (Å²) in [5.41, 5.74) is 1.47. The van der Waals surface area contributed by atoms with Crippen molar-refractivity contribution in [2.75, 3.05) is 19.6 Å². The number of aromatic amines is 1. The van der Waals surface area contributed by atoms with Crippen LogP contribution in [-0.2, 0) is 7.05 Å². The number of halogens is 1. The number of benzene rings is 1. The lowest BCUT2D eigenvalue weighted by atomic mass is 9.91. The Labute approximate surface area is 139 Å². The number of aromatic nitrogens is 3. The molecular weight excluding hydrogens is 307 g/mol. The molecule has 0 atom stereocenters. The van der Waals surface area contributed by atoms with E-state index in [9.17, 15) is 9.18 Å². The first-order valence-corrected chi connectivity index (χ1v) is 8.49. The second-order valence-corrected chi connectivity index (χ2v) is 6.59. The van der Waals surface area contributed by atoms with Gasteiger partial charge in [-0.15, -0.1) is 0 Å². The SMILES string of the molecule is CCN1CCC(c2nn(C)c3[nH]c(=O)c4cc(F)ccc4c23)CC1. The first-order valence-electron chi connectivity index (χ1n) is 8.49. The molecule has 1 aliphatic rings. The average molecular weight is 328 g/mol. The minimum Gasteiger partial charge on any atom is -0.306 e. The Bertz CT molecular complexity index is 966. The van der Waals surface area contributed by atoms with Crippen LogP contribution in [0.1, 0.15) is 31.4 Å². The number of nitrogens with one attached hydrogen (secondary N) is 1. The van der Waals surface area contributed by atoms with Crippen LogP contribution < -0.4 is 5.56 Å². The van der Waals surface area contributed by atoms with E-state index in [4.69, 9.17) is 5.10 Å². The van der Waals surface area contributed by atoms with Gasteiger partial charge >= 0.3 is 0 Å². The Balaban J connectivity index is 1.92. The zero-order chi connectivity index (χ0) is 16.8. The van der Waals surface area contributed by atoms with Crippen LogP contribution in [0.3, 0.4) is 0 Å². The van der Waals surface area contributed by atoms with Crippen molar-refractivity contribution in [1.82, 2.24) is 19.7 Å². The van der Waals surface area contributed by atoms with Crippen LogP contribution >= 0.6 is 0 Å². The maximum Gasteiger partial charge on any atom is 0.257 e. The summed E-state index contributed by atoms with van der Waals surface area (Å²) < 4.78 is 15.3. The molecule has 1 fully saturated rings.